The lowest BCUT2D eigenvalue weighted by Crippen LogP contribution is -2.32. The molecule has 6 heteroatoms. The normalized spacial score (nSPS) is 19.6. The number of nitrogens with one attached hydrogen (secondary N) is 2. The van der Waals surface area contributed by atoms with E-state index in [2.05, 4.69) is 35.5 Å². The summed E-state index contributed by atoms with van der Waals surface area (Å²) in [6.45, 7) is 4.22. The second-order valence-corrected chi connectivity index (χ2v) is 7.14. The summed E-state index contributed by atoms with van der Waals surface area (Å²) in [4.78, 5) is 4.50. The van der Waals surface area contributed by atoms with Crippen molar-refractivity contribution in [2.45, 2.75) is 45.3 Å². The van der Waals surface area contributed by atoms with E-state index < -0.39 is 6.67 Å². The van der Waals surface area contributed by atoms with E-state index in [-0.39, 0.29) is 23.7 Å². The lowest BCUT2D eigenvalue weighted by Gasteiger charge is -2.17. The highest BCUT2D eigenvalue weighted by Gasteiger charge is 2.28. The summed E-state index contributed by atoms with van der Waals surface area (Å²) in [5, 5.41) is 6.73. The maximum atomic E-state index is 13.2. The van der Waals surface area contributed by atoms with Crippen molar-refractivity contribution in [2.75, 3.05) is 6.67 Å². The van der Waals surface area contributed by atoms with E-state index in [0.717, 1.165) is 24.4 Å². The van der Waals surface area contributed by atoms with Crippen LogP contribution in [0.25, 0.3) is 0 Å². The van der Waals surface area contributed by atoms with E-state index in [1.807, 2.05) is 12.1 Å². The lowest BCUT2D eigenvalue weighted by atomic mass is 9.98. The highest BCUT2D eigenvalue weighted by atomic mass is 19.1. The molecule has 0 saturated carbocycles. The third kappa shape index (κ3) is 8.70. The molecule has 0 aromatic heterocycles. The quantitative estimate of drug-likeness (QED) is 0.553. The monoisotopic (exact) mass is 429 g/mol. The fourth-order valence-electron chi connectivity index (χ4n) is 3.21. The zero-order chi connectivity index (χ0) is 22.5. The van der Waals surface area contributed by atoms with Crippen LogP contribution in [-0.4, -0.2) is 24.7 Å². The second-order valence-electron chi connectivity index (χ2n) is 7.14. The van der Waals surface area contributed by atoms with Crippen LogP contribution < -0.4 is 10.6 Å². The highest BCUT2D eigenvalue weighted by Crippen LogP contribution is 2.16. The van der Waals surface area contributed by atoms with Crippen molar-refractivity contribution in [1.82, 2.24) is 10.6 Å². The molecular weight excluding hydrogens is 399 g/mol. The van der Waals surface area contributed by atoms with E-state index in [4.69, 9.17) is 0 Å². The van der Waals surface area contributed by atoms with Gasteiger partial charge in [-0.2, -0.15) is 0 Å². The Bertz CT molecular complexity index is 879. The van der Waals surface area contributed by atoms with Gasteiger partial charge in [-0.1, -0.05) is 55.5 Å². The molecule has 3 nitrogen and oxygen atoms in total. The largest absolute Gasteiger partial charge is 0.352 e. The Morgan fingerprint density at radius 2 is 1.74 bits per heavy atom. The van der Waals surface area contributed by atoms with Crippen molar-refractivity contribution in [3.8, 4) is 0 Å². The van der Waals surface area contributed by atoms with E-state index in [1.54, 1.807) is 24.3 Å². The van der Waals surface area contributed by atoms with Crippen LogP contribution >= 0.6 is 0 Å². The van der Waals surface area contributed by atoms with Crippen LogP contribution in [0.4, 0.5) is 13.2 Å². The van der Waals surface area contributed by atoms with Crippen LogP contribution in [0.5, 0.6) is 0 Å². The van der Waals surface area contributed by atoms with Crippen LogP contribution in [0, 0.1) is 11.6 Å². The first-order valence-corrected chi connectivity index (χ1v) is 10.5. The molecule has 0 radical (unpaired) electrons. The Labute approximate surface area is 182 Å². The second kappa shape index (κ2) is 13.3. The number of hydrogen-bond acceptors (Lipinski definition) is 1. The van der Waals surface area contributed by atoms with Crippen molar-refractivity contribution >= 4 is 5.96 Å². The van der Waals surface area contributed by atoms with Crippen LogP contribution in [0.2, 0.25) is 0 Å². The van der Waals surface area contributed by atoms with E-state index in [1.165, 1.54) is 35.9 Å². The van der Waals surface area contributed by atoms with Crippen molar-refractivity contribution in [3.63, 3.8) is 0 Å². The molecule has 166 valence electrons. The van der Waals surface area contributed by atoms with E-state index in [9.17, 15) is 13.2 Å². The fraction of sp³-hybridized carbons (Fsp3) is 0.320. The minimum absolute atomic E-state index is 0.167. The van der Waals surface area contributed by atoms with Gasteiger partial charge in [0.1, 0.15) is 18.3 Å². The zero-order valence-electron chi connectivity index (χ0n) is 18.0. The number of hydrogen-bond donors (Lipinski definition) is 2. The summed E-state index contributed by atoms with van der Waals surface area (Å²) >= 11 is 0. The number of alkyl halides is 1. The molecule has 31 heavy (non-hydrogen) atoms. The van der Waals surface area contributed by atoms with Crippen LogP contribution in [0.15, 0.2) is 83.4 Å². The van der Waals surface area contributed by atoms with Gasteiger partial charge >= 0.3 is 0 Å². The molecule has 1 saturated heterocycles. The molecule has 2 N–H and O–H groups in total. The molecule has 1 unspecified atom stereocenters. The topological polar surface area (TPSA) is 36.4 Å². The predicted molar refractivity (Wildman–Crippen MR) is 122 cm³/mol. The minimum atomic E-state index is -0.425. The van der Waals surface area contributed by atoms with Gasteiger partial charge in [0.25, 0.3) is 0 Å². The van der Waals surface area contributed by atoms with Gasteiger partial charge in [-0.3, -0.25) is 0 Å². The van der Waals surface area contributed by atoms with Crippen LogP contribution in [0.3, 0.4) is 0 Å². The number of allylic oxidation sites excluding steroid dienone is 3. The minimum Gasteiger partial charge on any atom is -0.352 e. The molecule has 1 heterocycles. The van der Waals surface area contributed by atoms with Crippen molar-refractivity contribution in [1.29, 1.82) is 0 Å². The molecule has 3 rings (SSSR count). The van der Waals surface area contributed by atoms with Crippen molar-refractivity contribution in [3.05, 3.63) is 95.6 Å². The van der Waals surface area contributed by atoms with Gasteiger partial charge in [0.05, 0.1) is 18.6 Å². The number of nitrogens with zero attached hydrogens (tertiary/aromatic N) is 1. The average Bonchev–Trinajstić information content (AvgIpc) is 3.14. The first-order chi connectivity index (χ1) is 15.0. The molecule has 2 atom stereocenters. The van der Waals surface area contributed by atoms with E-state index >= 15 is 0 Å². The van der Waals surface area contributed by atoms with Gasteiger partial charge < -0.3 is 10.6 Å². The lowest BCUT2D eigenvalue weighted by molar-refractivity contribution is 0.561. The number of guanidine groups is 1. The summed E-state index contributed by atoms with van der Waals surface area (Å²) < 4.78 is 37.2. The Hall–Kier alpha value is -3.02. The standard InChI is InChI=1S/C19H25F2N3.C6H5F/c1-3-16(9-5-4-6-11-20)18-14(2)23-19(24-18)22-13-15-8-7-10-17(21)12-15;7-6-4-2-1-3-5-6/h4,6-10,12,14,18H,3,5,11,13H2,1-2H3,(H2,22,23,24);1-5H/b6-4-,16-9+;/t14?,18-;/m0./s1. The third-order valence-corrected chi connectivity index (χ3v) is 4.78. The first-order valence-electron chi connectivity index (χ1n) is 10.5. The fourth-order valence-corrected chi connectivity index (χ4v) is 3.21. The maximum absolute atomic E-state index is 13.2. The van der Waals surface area contributed by atoms with Crippen molar-refractivity contribution in [2.24, 2.45) is 4.99 Å². The Morgan fingerprint density at radius 3 is 2.35 bits per heavy atom. The molecule has 0 bridgehead atoms. The average molecular weight is 430 g/mol. The van der Waals surface area contributed by atoms with Crippen LogP contribution in [-0.2, 0) is 6.54 Å². The SMILES string of the molecule is CC/C(=C\C/C=C\CF)[C@H]1NC(=NCc2cccc(F)c2)NC1C.Fc1ccccc1. The molecular formula is C25H30F3N3. The number of benzene rings is 2. The molecule has 0 spiro atoms. The maximum Gasteiger partial charge on any atom is 0.192 e. The van der Waals surface area contributed by atoms with Crippen molar-refractivity contribution < 1.29 is 13.2 Å². The van der Waals surface area contributed by atoms with Gasteiger partial charge in [0, 0.05) is 0 Å². The van der Waals surface area contributed by atoms with Gasteiger partial charge in [-0.15, -0.1) is 0 Å². The number of rotatable bonds is 7. The smallest absolute Gasteiger partial charge is 0.192 e. The summed E-state index contributed by atoms with van der Waals surface area (Å²) in [5.41, 5.74) is 2.11. The molecule has 1 aliphatic rings. The summed E-state index contributed by atoms with van der Waals surface area (Å²) in [6, 6.07) is 14.8. The first kappa shape index (κ1) is 24.3. The van der Waals surface area contributed by atoms with Gasteiger partial charge in [-0.05, 0) is 55.2 Å². The van der Waals surface area contributed by atoms with Gasteiger partial charge in [0.2, 0.25) is 0 Å². The Morgan fingerprint density at radius 1 is 1.00 bits per heavy atom. The molecule has 2 aromatic carbocycles. The molecule has 2 aromatic rings. The van der Waals surface area contributed by atoms with Crippen LogP contribution in [0.1, 0.15) is 32.3 Å². The Kier molecular flexibility index (Phi) is 10.4. The number of aliphatic imine (C=N–C) groups is 1. The summed E-state index contributed by atoms with van der Waals surface area (Å²) in [7, 11) is 0. The molecule has 1 aliphatic heterocycles. The summed E-state index contributed by atoms with van der Waals surface area (Å²) in [6.07, 6.45) is 7.15. The van der Waals surface area contributed by atoms with Gasteiger partial charge in [-0.25, -0.2) is 18.2 Å². The molecule has 0 amide bonds. The predicted octanol–water partition coefficient (Wildman–Crippen LogP) is 5.71. The van der Waals surface area contributed by atoms with Gasteiger partial charge in [0.15, 0.2) is 5.96 Å². The third-order valence-electron chi connectivity index (χ3n) is 4.78. The Balaban J connectivity index is 0.000000412. The molecule has 0 aliphatic carbocycles. The highest BCUT2D eigenvalue weighted by molar-refractivity contribution is 5.83. The van der Waals surface area contributed by atoms with E-state index in [0.29, 0.717) is 6.54 Å². The summed E-state index contributed by atoms with van der Waals surface area (Å²) in [5.74, 6) is 0.307. The zero-order valence-corrected chi connectivity index (χ0v) is 18.0. The number of halogens is 3. The molecule has 1 fully saturated rings.